The van der Waals surface area contributed by atoms with Gasteiger partial charge >= 0.3 is 0 Å². The summed E-state index contributed by atoms with van der Waals surface area (Å²) in [6, 6.07) is 7.66. The fourth-order valence-corrected chi connectivity index (χ4v) is 1.76. The minimum absolute atomic E-state index is 0.185. The molecule has 1 aromatic heterocycles. The van der Waals surface area contributed by atoms with Gasteiger partial charge < -0.3 is 5.73 Å². The van der Waals surface area contributed by atoms with Gasteiger partial charge in [-0.1, -0.05) is 0 Å². The van der Waals surface area contributed by atoms with Crippen molar-refractivity contribution in [3.8, 4) is 11.8 Å². The summed E-state index contributed by atoms with van der Waals surface area (Å²) in [6.07, 6.45) is 0. The van der Waals surface area contributed by atoms with Crippen molar-refractivity contribution in [2.75, 3.05) is 5.73 Å². The molecule has 6 heteroatoms. The molecule has 0 amide bonds. The van der Waals surface area contributed by atoms with Crippen LogP contribution in [0.4, 0.5) is 9.39 Å². The van der Waals surface area contributed by atoms with Gasteiger partial charge in [0.2, 0.25) is 5.69 Å². The molecule has 2 aromatic rings. The Balaban J connectivity index is 2.46. The normalized spacial score (nSPS) is 9.87. The number of nitriles is 1. The highest BCUT2D eigenvalue weighted by Gasteiger charge is 2.18. The molecule has 0 aliphatic heterocycles. The predicted octanol–water partition coefficient (Wildman–Crippen LogP) is 1.01. The molecule has 0 saturated carbocycles. The lowest BCUT2D eigenvalue weighted by Crippen LogP contribution is -2.28. The fourth-order valence-electron chi connectivity index (χ4n) is 1.05. The highest BCUT2D eigenvalue weighted by molar-refractivity contribution is 7.06. The van der Waals surface area contributed by atoms with Gasteiger partial charge in [0.05, 0.1) is 0 Å². The molecule has 0 spiro atoms. The SMILES string of the molecule is N#Cc1n[n+](-c2ccc(F)cc2)sc1N. The minimum Gasteiger partial charge on any atom is -0.383 e. The predicted molar refractivity (Wildman–Crippen MR) is 52.7 cm³/mol. The smallest absolute Gasteiger partial charge is 0.253 e. The van der Waals surface area contributed by atoms with Gasteiger partial charge in [-0.3, -0.25) is 0 Å². The van der Waals surface area contributed by atoms with Gasteiger partial charge in [0, 0.05) is 21.3 Å². The molecule has 4 nitrogen and oxygen atoms in total. The average Bonchev–Trinajstić information content (AvgIpc) is 2.61. The summed E-state index contributed by atoms with van der Waals surface area (Å²) in [5.74, 6) is -0.315. The van der Waals surface area contributed by atoms with Crippen molar-refractivity contribution in [3.63, 3.8) is 0 Å². The first kappa shape index (κ1) is 9.55. The molecule has 2 rings (SSSR count). The summed E-state index contributed by atoms with van der Waals surface area (Å²) in [5, 5.41) is 13.0. The van der Waals surface area contributed by atoms with E-state index in [-0.39, 0.29) is 11.5 Å². The van der Waals surface area contributed by atoms with E-state index in [1.54, 1.807) is 12.1 Å². The Labute approximate surface area is 89.2 Å². The first-order chi connectivity index (χ1) is 7.20. The molecular formula is C9H6FN4S+. The van der Waals surface area contributed by atoms with Crippen LogP contribution in [0.25, 0.3) is 5.69 Å². The number of nitrogens with two attached hydrogens (primary N) is 1. The van der Waals surface area contributed by atoms with Gasteiger partial charge in [0.25, 0.3) is 5.69 Å². The maximum absolute atomic E-state index is 12.6. The van der Waals surface area contributed by atoms with Gasteiger partial charge in [-0.2, -0.15) is 5.26 Å². The molecule has 0 aliphatic rings. The summed E-state index contributed by atoms with van der Waals surface area (Å²) in [5.41, 5.74) is 6.42. The van der Waals surface area contributed by atoms with Crippen molar-refractivity contribution in [1.82, 2.24) is 5.10 Å². The zero-order valence-electron chi connectivity index (χ0n) is 7.51. The van der Waals surface area contributed by atoms with Gasteiger partial charge in [-0.25, -0.2) is 4.39 Å². The molecule has 1 heterocycles. The van der Waals surface area contributed by atoms with Crippen molar-refractivity contribution in [2.24, 2.45) is 0 Å². The molecule has 15 heavy (non-hydrogen) atoms. The molecule has 0 radical (unpaired) electrons. The molecule has 0 saturated heterocycles. The lowest BCUT2D eigenvalue weighted by Gasteiger charge is -1.86. The molecule has 0 fully saturated rings. The summed E-state index contributed by atoms with van der Waals surface area (Å²) in [7, 11) is 0. The zero-order valence-corrected chi connectivity index (χ0v) is 8.33. The van der Waals surface area contributed by atoms with E-state index < -0.39 is 0 Å². The molecule has 74 valence electrons. The Bertz CT molecular complexity index is 526. The van der Waals surface area contributed by atoms with Crippen LogP contribution < -0.4 is 9.81 Å². The second-order valence-electron chi connectivity index (χ2n) is 2.77. The summed E-state index contributed by atoms with van der Waals surface area (Å²) in [6.45, 7) is 0. The lowest BCUT2D eigenvalue weighted by molar-refractivity contribution is -0.588. The van der Waals surface area contributed by atoms with Crippen LogP contribution in [-0.4, -0.2) is 5.10 Å². The van der Waals surface area contributed by atoms with Crippen LogP contribution in [0, 0.1) is 17.1 Å². The Morgan fingerprint density at radius 2 is 2.07 bits per heavy atom. The van der Waals surface area contributed by atoms with Crippen LogP contribution in [-0.2, 0) is 0 Å². The van der Waals surface area contributed by atoms with Gasteiger partial charge in [0.1, 0.15) is 11.9 Å². The summed E-state index contributed by atoms with van der Waals surface area (Å²) >= 11 is 1.14. The van der Waals surface area contributed by atoms with Crippen molar-refractivity contribution >= 4 is 16.5 Å². The number of halogens is 1. The number of benzene rings is 1. The standard InChI is InChI=1S/C9H5FN4S/c10-6-1-3-7(4-2-6)14-13-8(5-11)9(12)15-14/h1-4,12H/p+1. The number of nitrogens with zero attached hydrogens (tertiary/aromatic N) is 3. The first-order valence-electron chi connectivity index (χ1n) is 4.06. The van der Waals surface area contributed by atoms with E-state index in [1.807, 2.05) is 6.07 Å². The Hall–Kier alpha value is -2.00. The topological polar surface area (TPSA) is 66.6 Å². The van der Waals surface area contributed by atoms with E-state index >= 15 is 0 Å². The van der Waals surface area contributed by atoms with Crippen molar-refractivity contribution in [3.05, 3.63) is 35.8 Å². The summed E-state index contributed by atoms with van der Waals surface area (Å²) in [4.78, 5) is 0. The Morgan fingerprint density at radius 1 is 1.40 bits per heavy atom. The van der Waals surface area contributed by atoms with Crippen LogP contribution in [0.1, 0.15) is 5.69 Å². The van der Waals surface area contributed by atoms with Gasteiger partial charge in [0.15, 0.2) is 16.5 Å². The van der Waals surface area contributed by atoms with Crippen LogP contribution in [0.2, 0.25) is 0 Å². The molecule has 2 N–H and O–H groups in total. The van der Waals surface area contributed by atoms with Crippen LogP contribution in [0.3, 0.4) is 0 Å². The average molecular weight is 221 g/mol. The third-order valence-electron chi connectivity index (χ3n) is 1.76. The molecule has 0 unspecified atom stereocenters. The van der Waals surface area contributed by atoms with Crippen molar-refractivity contribution in [1.29, 1.82) is 5.26 Å². The van der Waals surface area contributed by atoms with Crippen LogP contribution in [0.15, 0.2) is 24.3 Å². The number of hydrogen-bond donors (Lipinski definition) is 1. The molecule has 0 bridgehead atoms. The van der Waals surface area contributed by atoms with E-state index in [0.717, 1.165) is 11.5 Å². The summed E-state index contributed by atoms with van der Waals surface area (Å²) < 4.78 is 14.1. The number of anilines is 1. The third kappa shape index (κ3) is 1.78. The number of nitrogen functional groups attached to an aromatic ring is 1. The zero-order chi connectivity index (χ0) is 10.8. The maximum atomic E-state index is 12.6. The van der Waals surface area contributed by atoms with Crippen molar-refractivity contribution < 1.29 is 8.46 Å². The molecule has 0 atom stereocenters. The highest BCUT2D eigenvalue weighted by atomic mass is 32.1. The number of rotatable bonds is 1. The second kappa shape index (κ2) is 3.63. The fraction of sp³-hybridized carbons (Fsp3) is 0. The van der Waals surface area contributed by atoms with Gasteiger partial charge in [-0.15, -0.1) is 0 Å². The van der Waals surface area contributed by atoms with Crippen molar-refractivity contribution in [2.45, 2.75) is 0 Å². The lowest BCUT2D eigenvalue weighted by atomic mass is 10.3. The molecule has 0 aliphatic carbocycles. The van der Waals surface area contributed by atoms with Crippen LogP contribution in [0.5, 0.6) is 0 Å². The largest absolute Gasteiger partial charge is 0.383 e. The quantitative estimate of drug-likeness (QED) is 0.731. The minimum atomic E-state index is -0.315. The van der Waals surface area contributed by atoms with E-state index in [0.29, 0.717) is 10.7 Å². The maximum Gasteiger partial charge on any atom is 0.253 e. The Kier molecular flexibility index (Phi) is 2.31. The first-order valence-corrected chi connectivity index (χ1v) is 4.83. The van der Waals surface area contributed by atoms with Gasteiger partial charge in [-0.05, 0) is 12.1 Å². The van der Waals surface area contributed by atoms with E-state index in [4.69, 9.17) is 11.0 Å². The highest BCUT2D eigenvalue weighted by Crippen LogP contribution is 2.12. The number of hydrogen-bond acceptors (Lipinski definition) is 4. The van der Waals surface area contributed by atoms with E-state index in [9.17, 15) is 4.39 Å². The second-order valence-corrected chi connectivity index (χ2v) is 3.73. The third-order valence-corrected chi connectivity index (χ3v) is 2.62. The van der Waals surface area contributed by atoms with Crippen LogP contribution >= 0.6 is 11.5 Å². The number of aromatic nitrogens is 2. The molecular weight excluding hydrogens is 215 g/mol. The monoisotopic (exact) mass is 221 g/mol. The van der Waals surface area contributed by atoms with E-state index in [1.165, 1.54) is 16.2 Å². The Morgan fingerprint density at radius 3 is 2.60 bits per heavy atom. The van der Waals surface area contributed by atoms with E-state index in [2.05, 4.69) is 5.10 Å². The molecule has 1 aromatic carbocycles.